The fourth-order valence-electron chi connectivity index (χ4n) is 3.26. The Labute approximate surface area is 172 Å². The fourth-order valence-corrected chi connectivity index (χ4v) is 4.09. The molecular weight excluding hydrogens is 390 g/mol. The molecule has 1 aliphatic rings. The Kier molecular flexibility index (Phi) is 6.83. The van der Waals surface area contributed by atoms with Crippen molar-refractivity contribution in [3.05, 3.63) is 53.9 Å². The molecule has 0 spiro atoms. The van der Waals surface area contributed by atoms with Gasteiger partial charge in [0.05, 0.1) is 23.8 Å². The van der Waals surface area contributed by atoms with E-state index in [-0.39, 0.29) is 0 Å². The average molecular weight is 418 g/mol. The van der Waals surface area contributed by atoms with E-state index < -0.39 is 10.0 Å². The van der Waals surface area contributed by atoms with Gasteiger partial charge in [0, 0.05) is 38.4 Å². The number of aromatic nitrogens is 1. The largest absolute Gasteiger partial charge is 0.300 e. The van der Waals surface area contributed by atoms with Gasteiger partial charge in [-0.25, -0.2) is 13.4 Å². The number of rotatable bonds is 8. The molecule has 0 saturated carbocycles. The summed E-state index contributed by atoms with van der Waals surface area (Å²) in [6.07, 6.45) is 4.51. The van der Waals surface area contributed by atoms with Gasteiger partial charge in [-0.1, -0.05) is 12.1 Å². The van der Waals surface area contributed by atoms with Gasteiger partial charge in [0.1, 0.15) is 0 Å². The normalized spacial score (nSPS) is 15.8. The Bertz CT molecular complexity index is 925. The Morgan fingerprint density at radius 1 is 1.17 bits per heavy atom. The van der Waals surface area contributed by atoms with Crippen LogP contribution in [0.4, 0.5) is 11.4 Å². The van der Waals surface area contributed by atoms with Crippen LogP contribution in [-0.4, -0.2) is 68.0 Å². The number of benzene rings is 1. The highest BCUT2D eigenvalue weighted by Gasteiger charge is 2.22. The summed E-state index contributed by atoms with van der Waals surface area (Å²) in [5, 5.41) is 1.43. The van der Waals surface area contributed by atoms with Crippen molar-refractivity contribution in [2.24, 2.45) is 0 Å². The lowest BCUT2D eigenvalue weighted by Crippen LogP contribution is -2.48. The highest BCUT2D eigenvalue weighted by Crippen LogP contribution is 2.18. The first kappa shape index (κ1) is 21.2. The Hall–Kier alpha value is -2.49. The third-order valence-electron chi connectivity index (χ3n) is 4.97. The zero-order valence-corrected chi connectivity index (χ0v) is 17.6. The molecule has 1 fully saturated rings. The lowest BCUT2D eigenvalue weighted by Gasteiger charge is -2.33. The summed E-state index contributed by atoms with van der Waals surface area (Å²) in [5.74, 6) is 0. The molecule has 1 amide bonds. The summed E-state index contributed by atoms with van der Waals surface area (Å²) in [6, 6.07) is 11.6. The van der Waals surface area contributed by atoms with Crippen molar-refractivity contribution in [1.29, 1.82) is 0 Å². The van der Waals surface area contributed by atoms with Crippen molar-refractivity contribution in [3.8, 4) is 0 Å². The van der Waals surface area contributed by atoms with Crippen LogP contribution in [0.2, 0.25) is 0 Å². The average Bonchev–Trinajstić information content (AvgIpc) is 2.72. The number of hydrazine groups is 1. The van der Waals surface area contributed by atoms with Crippen LogP contribution in [0, 0.1) is 6.92 Å². The smallest absolute Gasteiger partial charge is 0.232 e. The van der Waals surface area contributed by atoms with Crippen LogP contribution in [-0.2, 0) is 21.2 Å². The molecule has 0 radical (unpaired) electrons. The van der Waals surface area contributed by atoms with Gasteiger partial charge in [0.2, 0.25) is 16.4 Å². The van der Waals surface area contributed by atoms with E-state index in [4.69, 9.17) is 0 Å². The van der Waals surface area contributed by atoms with Crippen molar-refractivity contribution in [2.75, 3.05) is 49.4 Å². The summed E-state index contributed by atoms with van der Waals surface area (Å²) in [6.45, 7) is 5.28. The minimum absolute atomic E-state index is 0.534. The van der Waals surface area contributed by atoms with Crippen molar-refractivity contribution in [1.82, 2.24) is 14.2 Å². The molecule has 29 heavy (non-hydrogen) atoms. The second kappa shape index (κ2) is 9.34. The molecule has 2 heterocycles. The van der Waals surface area contributed by atoms with Crippen LogP contribution in [0.3, 0.4) is 0 Å². The van der Waals surface area contributed by atoms with Crippen LogP contribution in [0.1, 0.15) is 11.3 Å². The maximum atomic E-state index is 11.6. The van der Waals surface area contributed by atoms with E-state index in [2.05, 4.69) is 15.3 Å². The van der Waals surface area contributed by atoms with Gasteiger partial charge in [0.15, 0.2) is 0 Å². The number of aryl methyl sites for hydroxylation is 1. The molecular formula is C20H27N5O3S. The molecule has 1 N–H and O–H groups in total. The second-order valence-corrected chi connectivity index (χ2v) is 9.18. The third kappa shape index (κ3) is 5.99. The van der Waals surface area contributed by atoms with E-state index in [9.17, 15) is 13.2 Å². The fraction of sp³-hybridized carbons (Fsp3) is 0.400. The van der Waals surface area contributed by atoms with Crippen LogP contribution in [0.5, 0.6) is 0 Å². The van der Waals surface area contributed by atoms with Crippen molar-refractivity contribution < 1.29 is 13.2 Å². The van der Waals surface area contributed by atoms with Gasteiger partial charge in [-0.05, 0) is 43.2 Å². The van der Waals surface area contributed by atoms with E-state index in [1.54, 1.807) is 6.20 Å². The summed E-state index contributed by atoms with van der Waals surface area (Å²) < 4.78 is 24.8. The van der Waals surface area contributed by atoms with Crippen LogP contribution in [0.15, 0.2) is 42.6 Å². The molecule has 0 aliphatic carbocycles. The summed E-state index contributed by atoms with van der Waals surface area (Å²) in [4.78, 5) is 18.1. The predicted octanol–water partition coefficient (Wildman–Crippen LogP) is 1.50. The monoisotopic (exact) mass is 417 g/mol. The number of piperazine rings is 1. The number of pyridine rings is 1. The first-order valence-electron chi connectivity index (χ1n) is 9.55. The van der Waals surface area contributed by atoms with Crippen molar-refractivity contribution in [3.63, 3.8) is 0 Å². The van der Waals surface area contributed by atoms with Gasteiger partial charge >= 0.3 is 0 Å². The quantitative estimate of drug-likeness (QED) is 0.518. The van der Waals surface area contributed by atoms with Gasteiger partial charge in [-0.2, -0.15) is 4.31 Å². The zero-order valence-electron chi connectivity index (χ0n) is 16.8. The van der Waals surface area contributed by atoms with Gasteiger partial charge in [0.25, 0.3) is 0 Å². The number of carbonyl (C=O) groups is 1. The Morgan fingerprint density at radius 2 is 1.93 bits per heavy atom. The maximum Gasteiger partial charge on any atom is 0.232 e. The first-order valence-corrected chi connectivity index (χ1v) is 11.4. The van der Waals surface area contributed by atoms with Crippen LogP contribution in [0.25, 0.3) is 0 Å². The standard InChI is InChI=1S/C20H27N5O3S/c1-17-6-7-19(15-21-17)22-25(16-26)20-5-3-4-18(14-20)8-9-23-10-12-24(13-11-23)29(2,27)28/h3-7,14-16,22H,8-13H2,1-2H3. The molecule has 0 atom stereocenters. The molecule has 1 aromatic carbocycles. The Balaban J connectivity index is 1.57. The van der Waals surface area contributed by atoms with E-state index in [0.29, 0.717) is 13.1 Å². The SMILES string of the molecule is Cc1ccc(NN(C=O)c2cccc(CCN3CCN(S(C)(=O)=O)CC3)c2)cn1. The van der Waals surface area contributed by atoms with Gasteiger partial charge < -0.3 is 4.90 Å². The van der Waals surface area contributed by atoms with Crippen molar-refractivity contribution >= 4 is 27.8 Å². The van der Waals surface area contributed by atoms with Crippen LogP contribution < -0.4 is 10.4 Å². The predicted molar refractivity (Wildman–Crippen MR) is 114 cm³/mol. The number of anilines is 2. The lowest BCUT2D eigenvalue weighted by molar-refractivity contribution is -0.107. The molecule has 1 saturated heterocycles. The number of nitrogens with one attached hydrogen (secondary N) is 1. The first-order chi connectivity index (χ1) is 13.8. The molecule has 1 aliphatic heterocycles. The van der Waals surface area contributed by atoms with Gasteiger partial charge in [-0.15, -0.1) is 0 Å². The van der Waals surface area contributed by atoms with E-state index in [1.807, 2.05) is 43.3 Å². The Morgan fingerprint density at radius 3 is 2.55 bits per heavy atom. The molecule has 1 aromatic heterocycles. The van der Waals surface area contributed by atoms with E-state index in [0.717, 1.165) is 55.1 Å². The number of sulfonamides is 1. The lowest BCUT2D eigenvalue weighted by atomic mass is 10.1. The summed E-state index contributed by atoms with van der Waals surface area (Å²) >= 11 is 0. The molecule has 0 unspecified atom stereocenters. The zero-order chi connectivity index (χ0) is 20.9. The van der Waals surface area contributed by atoms with Crippen LogP contribution >= 0.6 is 0 Å². The topological polar surface area (TPSA) is 85.9 Å². The van der Waals surface area contributed by atoms with E-state index in [1.165, 1.54) is 15.6 Å². The highest BCUT2D eigenvalue weighted by molar-refractivity contribution is 7.88. The minimum Gasteiger partial charge on any atom is -0.300 e. The number of nitrogens with zero attached hydrogens (tertiary/aromatic N) is 4. The number of hydrogen-bond donors (Lipinski definition) is 1. The molecule has 0 bridgehead atoms. The molecule has 3 rings (SSSR count). The third-order valence-corrected chi connectivity index (χ3v) is 6.28. The summed E-state index contributed by atoms with van der Waals surface area (Å²) in [5.41, 5.74) is 6.56. The van der Waals surface area contributed by atoms with Gasteiger partial charge in [-0.3, -0.25) is 15.2 Å². The number of hydrogen-bond acceptors (Lipinski definition) is 6. The number of amides is 1. The number of carbonyl (C=O) groups excluding carboxylic acids is 1. The second-order valence-electron chi connectivity index (χ2n) is 7.20. The minimum atomic E-state index is -3.11. The maximum absolute atomic E-state index is 11.6. The molecule has 156 valence electrons. The van der Waals surface area contributed by atoms with E-state index >= 15 is 0 Å². The molecule has 2 aromatic rings. The van der Waals surface area contributed by atoms with Crippen molar-refractivity contribution in [2.45, 2.75) is 13.3 Å². The summed E-state index contributed by atoms with van der Waals surface area (Å²) in [7, 11) is -3.11. The molecule has 8 nitrogen and oxygen atoms in total. The molecule has 9 heteroatoms. The highest BCUT2D eigenvalue weighted by atomic mass is 32.2.